The minimum absolute atomic E-state index is 0.150. The highest BCUT2D eigenvalue weighted by Gasteiger charge is 2.17. The molecular weight excluding hydrogens is 386 g/mol. The van der Waals surface area contributed by atoms with E-state index in [1.54, 1.807) is 0 Å². The number of hydrogen-bond acceptors (Lipinski definition) is 6. The van der Waals surface area contributed by atoms with E-state index >= 15 is 0 Å². The van der Waals surface area contributed by atoms with Crippen molar-refractivity contribution >= 4 is 23.5 Å². The summed E-state index contributed by atoms with van der Waals surface area (Å²) in [5.41, 5.74) is 3.67. The van der Waals surface area contributed by atoms with Gasteiger partial charge in [0.05, 0.1) is 31.0 Å². The molecule has 0 saturated carbocycles. The second-order valence-electron chi connectivity index (χ2n) is 7.56. The number of carbonyl (C=O) groups is 3. The summed E-state index contributed by atoms with van der Waals surface area (Å²) in [5, 5.41) is 7.32. The van der Waals surface area contributed by atoms with E-state index in [1.807, 2.05) is 18.5 Å². The molecule has 8 nitrogen and oxygen atoms in total. The number of benzene rings is 1. The van der Waals surface area contributed by atoms with Gasteiger partial charge in [0.25, 0.3) is 0 Å². The average Bonchev–Trinajstić information content (AvgIpc) is 2.96. The van der Waals surface area contributed by atoms with Crippen LogP contribution in [0.2, 0.25) is 0 Å². The Bertz CT molecular complexity index is 912. The fourth-order valence-corrected chi connectivity index (χ4v) is 3.25. The second kappa shape index (κ2) is 10.0. The molecule has 2 aromatic rings. The quantitative estimate of drug-likeness (QED) is 0.664. The lowest BCUT2D eigenvalue weighted by atomic mass is 10.1. The van der Waals surface area contributed by atoms with E-state index in [4.69, 9.17) is 9.47 Å². The van der Waals surface area contributed by atoms with Gasteiger partial charge >= 0.3 is 11.9 Å². The number of aromatic nitrogens is 2. The van der Waals surface area contributed by atoms with E-state index < -0.39 is 11.9 Å². The molecule has 1 aromatic carbocycles. The first-order valence-electron chi connectivity index (χ1n) is 9.80. The molecule has 0 spiro atoms. The van der Waals surface area contributed by atoms with Gasteiger partial charge in [-0.1, -0.05) is 13.8 Å². The minimum Gasteiger partial charge on any atom is -0.465 e. The van der Waals surface area contributed by atoms with Crippen LogP contribution in [-0.4, -0.2) is 41.8 Å². The third kappa shape index (κ3) is 5.68. The van der Waals surface area contributed by atoms with Gasteiger partial charge in [0.2, 0.25) is 5.91 Å². The number of anilines is 1. The third-order valence-corrected chi connectivity index (χ3v) is 4.73. The molecule has 1 N–H and O–H groups in total. The zero-order valence-electron chi connectivity index (χ0n) is 18.4. The molecular formula is C22H29N3O5. The van der Waals surface area contributed by atoms with Crippen molar-refractivity contribution in [2.75, 3.05) is 19.5 Å². The molecule has 1 aromatic heterocycles. The Kier molecular flexibility index (Phi) is 7.74. The van der Waals surface area contributed by atoms with Crippen LogP contribution in [-0.2, 0) is 27.2 Å². The summed E-state index contributed by atoms with van der Waals surface area (Å²) in [6.07, 6.45) is 0.785. The highest BCUT2D eigenvalue weighted by Crippen LogP contribution is 2.19. The van der Waals surface area contributed by atoms with Gasteiger partial charge < -0.3 is 14.8 Å². The molecule has 1 amide bonds. The first-order chi connectivity index (χ1) is 14.2. The van der Waals surface area contributed by atoms with Crippen LogP contribution < -0.4 is 5.32 Å². The number of nitrogens with one attached hydrogen (secondary N) is 1. The SMILES string of the molecule is COC(=O)c1cc(NC(=O)CCc2c(C)nn(CC(C)C)c2C)cc(C(=O)OC)c1. The summed E-state index contributed by atoms with van der Waals surface area (Å²) >= 11 is 0. The standard InChI is InChI=1S/C22H29N3O5/c1-13(2)12-25-15(4)19(14(3)24-25)7-8-20(26)23-18-10-16(21(27)29-5)9-17(11-18)22(28)30-6/h9-11,13H,7-8,12H2,1-6H3,(H,23,26). The third-order valence-electron chi connectivity index (χ3n) is 4.73. The van der Waals surface area contributed by atoms with Gasteiger partial charge in [0.15, 0.2) is 0 Å². The number of aryl methyl sites for hydroxylation is 1. The lowest BCUT2D eigenvalue weighted by molar-refractivity contribution is -0.116. The number of esters is 2. The molecule has 0 unspecified atom stereocenters. The number of carbonyl (C=O) groups excluding carboxylic acids is 3. The Morgan fingerprint density at radius 1 is 1.03 bits per heavy atom. The predicted molar refractivity (Wildman–Crippen MR) is 113 cm³/mol. The molecule has 0 aliphatic rings. The van der Waals surface area contributed by atoms with Crippen molar-refractivity contribution in [3.8, 4) is 0 Å². The van der Waals surface area contributed by atoms with Crippen LogP contribution in [0.3, 0.4) is 0 Å². The summed E-state index contributed by atoms with van der Waals surface area (Å²) in [5.74, 6) is -0.978. The Hall–Kier alpha value is -3.16. The smallest absolute Gasteiger partial charge is 0.337 e. The Labute approximate surface area is 176 Å². The molecule has 0 aliphatic carbocycles. The summed E-state index contributed by atoms with van der Waals surface area (Å²) in [4.78, 5) is 36.3. The molecule has 0 atom stereocenters. The van der Waals surface area contributed by atoms with Crippen LogP contribution in [0.15, 0.2) is 18.2 Å². The molecule has 0 aliphatic heterocycles. The number of nitrogens with zero attached hydrogens (tertiary/aromatic N) is 2. The van der Waals surface area contributed by atoms with Crippen LogP contribution in [0.25, 0.3) is 0 Å². The van der Waals surface area contributed by atoms with E-state index in [1.165, 1.54) is 32.4 Å². The maximum atomic E-state index is 12.5. The van der Waals surface area contributed by atoms with E-state index in [0.29, 0.717) is 18.0 Å². The Morgan fingerprint density at radius 2 is 1.60 bits per heavy atom. The highest BCUT2D eigenvalue weighted by molar-refractivity contribution is 5.99. The van der Waals surface area contributed by atoms with E-state index in [-0.39, 0.29) is 23.5 Å². The Balaban J connectivity index is 2.14. The lowest BCUT2D eigenvalue weighted by Gasteiger charge is -2.10. The van der Waals surface area contributed by atoms with Crippen LogP contribution >= 0.6 is 0 Å². The summed E-state index contributed by atoms with van der Waals surface area (Å²) in [7, 11) is 2.49. The lowest BCUT2D eigenvalue weighted by Crippen LogP contribution is -2.15. The molecule has 0 bridgehead atoms. The maximum absolute atomic E-state index is 12.5. The van der Waals surface area contributed by atoms with E-state index in [9.17, 15) is 14.4 Å². The summed E-state index contributed by atoms with van der Waals surface area (Å²) in [6.45, 7) is 9.05. The zero-order chi connectivity index (χ0) is 22.4. The zero-order valence-corrected chi connectivity index (χ0v) is 18.4. The van der Waals surface area contributed by atoms with Crippen LogP contribution in [0, 0.1) is 19.8 Å². The molecule has 0 fully saturated rings. The minimum atomic E-state index is -0.611. The second-order valence-corrected chi connectivity index (χ2v) is 7.56. The fraction of sp³-hybridized carbons (Fsp3) is 0.455. The van der Waals surface area contributed by atoms with Crippen molar-refractivity contribution in [2.24, 2.45) is 5.92 Å². The van der Waals surface area contributed by atoms with Crippen molar-refractivity contribution in [3.05, 3.63) is 46.3 Å². The summed E-state index contributed by atoms with van der Waals surface area (Å²) in [6, 6.07) is 4.30. The van der Waals surface area contributed by atoms with E-state index in [0.717, 1.165) is 23.5 Å². The predicted octanol–water partition coefficient (Wildman–Crippen LogP) is 3.30. The number of methoxy groups -OCH3 is 2. The van der Waals surface area contributed by atoms with Gasteiger partial charge in [-0.25, -0.2) is 9.59 Å². The number of rotatable bonds is 8. The largest absolute Gasteiger partial charge is 0.465 e. The fourth-order valence-electron chi connectivity index (χ4n) is 3.25. The average molecular weight is 415 g/mol. The number of hydrogen-bond donors (Lipinski definition) is 1. The van der Waals surface area contributed by atoms with Crippen LogP contribution in [0.4, 0.5) is 5.69 Å². The van der Waals surface area contributed by atoms with Crippen molar-refractivity contribution in [1.29, 1.82) is 0 Å². The Morgan fingerprint density at radius 3 is 2.10 bits per heavy atom. The number of amides is 1. The normalized spacial score (nSPS) is 10.8. The van der Waals surface area contributed by atoms with Crippen molar-refractivity contribution in [2.45, 2.75) is 47.1 Å². The van der Waals surface area contributed by atoms with Gasteiger partial charge in [0.1, 0.15) is 0 Å². The van der Waals surface area contributed by atoms with E-state index in [2.05, 4.69) is 24.3 Å². The van der Waals surface area contributed by atoms with Gasteiger partial charge in [-0.2, -0.15) is 5.10 Å². The molecule has 30 heavy (non-hydrogen) atoms. The monoisotopic (exact) mass is 415 g/mol. The van der Waals surface area contributed by atoms with Crippen molar-refractivity contribution < 1.29 is 23.9 Å². The topological polar surface area (TPSA) is 99.5 Å². The molecule has 0 saturated heterocycles. The van der Waals surface area contributed by atoms with Crippen LogP contribution in [0.5, 0.6) is 0 Å². The van der Waals surface area contributed by atoms with Crippen LogP contribution in [0.1, 0.15) is 57.9 Å². The molecule has 162 valence electrons. The molecule has 0 radical (unpaired) electrons. The summed E-state index contributed by atoms with van der Waals surface area (Å²) < 4.78 is 11.4. The number of ether oxygens (including phenoxy) is 2. The van der Waals surface area contributed by atoms with Crippen molar-refractivity contribution in [3.63, 3.8) is 0 Å². The first kappa shape index (κ1) is 23.1. The van der Waals surface area contributed by atoms with Gasteiger partial charge in [0, 0.05) is 24.3 Å². The van der Waals surface area contributed by atoms with Crippen molar-refractivity contribution in [1.82, 2.24) is 9.78 Å². The molecule has 8 heteroatoms. The maximum Gasteiger partial charge on any atom is 0.337 e. The molecule has 2 rings (SSSR count). The van der Waals surface area contributed by atoms with Gasteiger partial charge in [-0.3, -0.25) is 9.48 Å². The highest BCUT2D eigenvalue weighted by atomic mass is 16.5. The first-order valence-corrected chi connectivity index (χ1v) is 9.80. The molecule has 1 heterocycles. The van der Waals surface area contributed by atoms with Gasteiger partial charge in [-0.05, 0) is 49.9 Å². The van der Waals surface area contributed by atoms with Gasteiger partial charge in [-0.15, -0.1) is 0 Å².